The Hall–Kier alpha value is -2.39. The van der Waals surface area contributed by atoms with Crippen LogP contribution in [0.1, 0.15) is 36.5 Å². The number of aromatic nitrogens is 3. The first-order valence-corrected chi connectivity index (χ1v) is 8.91. The average Bonchev–Trinajstić information content (AvgIpc) is 2.94. The number of nitriles is 1. The van der Waals surface area contributed by atoms with Crippen molar-refractivity contribution in [2.45, 2.75) is 45.7 Å². The minimum Gasteiger partial charge on any atom is -0.492 e. The van der Waals surface area contributed by atoms with Crippen LogP contribution in [-0.4, -0.2) is 45.4 Å². The SMILES string of the molecule is Cc1nc(C)n(CC2CCCCN2CCOc2ccc(C#N)cc2)n1. The van der Waals surface area contributed by atoms with Crippen molar-refractivity contribution >= 4 is 0 Å². The van der Waals surface area contributed by atoms with Crippen LogP contribution in [0.4, 0.5) is 0 Å². The van der Waals surface area contributed by atoms with Crippen molar-refractivity contribution in [3.8, 4) is 11.8 Å². The van der Waals surface area contributed by atoms with Gasteiger partial charge in [-0.3, -0.25) is 4.90 Å². The Morgan fingerprint density at radius 3 is 2.72 bits per heavy atom. The highest BCUT2D eigenvalue weighted by Gasteiger charge is 2.23. The Kier molecular flexibility index (Phi) is 5.67. The lowest BCUT2D eigenvalue weighted by atomic mass is 10.0. The van der Waals surface area contributed by atoms with E-state index in [-0.39, 0.29) is 0 Å². The summed E-state index contributed by atoms with van der Waals surface area (Å²) in [5, 5.41) is 13.3. The summed E-state index contributed by atoms with van der Waals surface area (Å²) in [6, 6.07) is 9.89. The van der Waals surface area contributed by atoms with E-state index in [0.717, 1.165) is 37.0 Å². The van der Waals surface area contributed by atoms with Gasteiger partial charge in [0.05, 0.1) is 18.2 Å². The number of ether oxygens (including phenoxy) is 1. The standard InChI is InChI=1S/C19H25N5O/c1-15-21-16(2)24(22-15)14-18-5-3-4-10-23(18)11-12-25-19-8-6-17(13-20)7-9-19/h6-9,18H,3-5,10-12,14H2,1-2H3. The quantitative estimate of drug-likeness (QED) is 0.809. The zero-order valence-electron chi connectivity index (χ0n) is 15.0. The van der Waals surface area contributed by atoms with Crippen LogP contribution >= 0.6 is 0 Å². The Morgan fingerprint density at radius 1 is 1.24 bits per heavy atom. The van der Waals surface area contributed by atoms with Gasteiger partial charge in [-0.25, -0.2) is 9.67 Å². The number of likely N-dealkylation sites (tertiary alicyclic amines) is 1. The van der Waals surface area contributed by atoms with Crippen molar-refractivity contribution in [3.05, 3.63) is 41.5 Å². The summed E-state index contributed by atoms with van der Waals surface area (Å²) >= 11 is 0. The first-order chi connectivity index (χ1) is 12.2. The Bertz CT molecular complexity index is 731. The Morgan fingerprint density at radius 2 is 2.04 bits per heavy atom. The van der Waals surface area contributed by atoms with E-state index >= 15 is 0 Å². The second-order valence-corrected chi connectivity index (χ2v) is 6.56. The van der Waals surface area contributed by atoms with Crippen molar-refractivity contribution in [2.24, 2.45) is 0 Å². The maximum absolute atomic E-state index is 8.84. The highest BCUT2D eigenvalue weighted by Crippen LogP contribution is 2.19. The molecule has 1 atom stereocenters. The highest BCUT2D eigenvalue weighted by atomic mass is 16.5. The number of aryl methyl sites for hydroxylation is 2. The molecule has 1 aromatic carbocycles. The summed E-state index contributed by atoms with van der Waals surface area (Å²) < 4.78 is 7.88. The van der Waals surface area contributed by atoms with Crippen molar-refractivity contribution in [2.75, 3.05) is 19.7 Å². The molecule has 2 aromatic rings. The molecule has 0 amide bonds. The van der Waals surface area contributed by atoms with Crippen molar-refractivity contribution in [1.82, 2.24) is 19.7 Å². The molecule has 0 aliphatic carbocycles. The minimum absolute atomic E-state index is 0.484. The fourth-order valence-electron chi connectivity index (χ4n) is 3.40. The van der Waals surface area contributed by atoms with Gasteiger partial charge in [0.15, 0.2) is 0 Å². The molecule has 1 aromatic heterocycles. The number of hydrogen-bond donors (Lipinski definition) is 0. The monoisotopic (exact) mass is 339 g/mol. The summed E-state index contributed by atoms with van der Waals surface area (Å²) in [4.78, 5) is 6.91. The first-order valence-electron chi connectivity index (χ1n) is 8.91. The molecule has 1 saturated heterocycles. The molecule has 25 heavy (non-hydrogen) atoms. The van der Waals surface area contributed by atoms with Gasteiger partial charge in [-0.05, 0) is 57.5 Å². The van der Waals surface area contributed by atoms with Crippen molar-refractivity contribution in [1.29, 1.82) is 5.26 Å². The van der Waals surface area contributed by atoms with E-state index in [1.54, 1.807) is 12.1 Å². The van der Waals surface area contributed by atoms with E-state index < -0.39 is 0 Å². The van der Waals surface area contributed by atoms with E-state index in [4.69, 9.17) is 10.00 Å². The van der Waals surface area contributed by atoms with Gasteiger partial charge >= 0.3 is 0 Å². The average molecular weight is 339 g/mol. The smallest absolute Gasteiger partial charge is 0.147 e. The van der Waals surface area contributed by atoms with Crippen LogP contribution in [-0.2, 0) is 6.54 Å². The van der Waals surface area contributed by atoms with Gasteiger partial charge in [0, 0.05) is 12.6 Å². The minimum atomic E-state index is 0.484. The zero-order valence-corrected chi connectivity index (χ0v) is 15.0. The number of rotatable bonds is 6. The van der Waals surface area contributed by atoms with Gasteiger partial charge in [-0.1, -0.05) is 6.42 Å². The third-order valence-corrected chi connectivity index (χ3v) is 4.73. The third kappa shape index (κ3) is 4.58. The van der Waals surface area contributed by atoms with Crippen molar-refractivity contribution < 1.29 is 4.74 Å². The molecular formula is C19H25N5O. The molecule has 1 unspecified atom stereocenters. The summed E-state index contributed by atoms with van der Waals surface area (Å²) in [5.41, 5.74) is 0.655. The van der Waals surface area contributed by atoms with Crippen LogP contribution in [0.5, 0.6) is 5.75 Å². The number of hydrogen-bond acceptors (Lipinski definition) is 5. The summed E-state index contributed by atoms with van der Waals surface area (Å²) in [6.07, 6.45) is 3.70. The maximum atomic E-state index is 8.84. The number of piperidine rings is 1. The molecular weight excluding hydrogens is 314 g/mol. The lowest BCUT2D eigenvalue weighted by Gasteiger charge is -2.35. The van der Waals surface area contributed by atoms with Gasteiger partial charge in [-0.2, -0.15) is 10.4 Å². The van der Waals surface area contributed by atoms with Gasteiger partial charge in [0.25, 0.3) is 0 Å². The molecule has 0 spiro atoms. The van der Waals surface area contributed by atoms with Gasteiger partial charge < -0.3 is 4.74 Å². The second kappa shape index (κ2) is 8.13. The molecule has 1 fully saturated rings. The number of benzene rings is 1. The van der Waals surface area contributed by atoms with E-state index in [9.17, 15) is 0 Å². The van der Waals surface area contributed by atoms with E-state index in [2.05, 4.69) is 21.1 Å². The van der Waals surface area contributed by atoms with Crippen LogP contribution in [0.25, 0.3) is 0 Å². The zero-order chi connectivity index (χ0) is 17.6. The molecule has 0 bridgehead atoms. The van der Waals surface area contributed by atoms with Crippen LogP contribution in [0.2, 0.25) is 0 Å². The first kappa shape index (κ1) is 17.4. The third-order valence-electron chi connectivity index (χ3n) is 4.73. The molecule has 0 N–H and O–H groups in total. The predicted molar refractivity (Wildman–Crippen MR) is 95.4 cm³/mol. The fourth-order valence-corrected chi connectivity index (χ4v) is 3.40. The molecule has 3 rings (SSSR count). The lowest BCUT2D eigenvalue weighted by Crippen LogP contribution is -2.44. The van der Waals surface area contributed by atoms with E-state index in [1.807, 2.05) is 30.7 Å². The maximum Gasteiger partial charge on any atom is 0.147 e. The largest absolute Gasteiger partial charge is 0.492 e. The molecule has 6 heteroatoms. The lowest BCUT2D eigenvalue weighted by molar-refractivity contribution is 0.108. The summed E-state index contributed by atoms with van der Waals surface area (Å²) in [7, 11) is 0. The van der Waals surface area contributed by atoms with Crippen molar-refractivity contribution in [3.63, 3.8) is 0 Å². The molecule has 0 saturated carbocycles. The molecule has 2 heterocycles. The van der Waals surface area contributed by atoms with E-state index in [0.29, 0.717) is 18.2 Å². The molecule has 6 nitrogen and oxygen atoms in total. The van der Waals surface area contributed by atoms with Gasteiger partial charge in [0.2, 0.25) is 0 Å². The fraction of sp³-hybridized carbons (Fsp3) is 0.526. The van der Waals surface area contributed by atoms with Crippen LogP contribution in [0, 0.1) is 25.2 Å². The van der Waals surface area contributed by atoms with Crippen LogP contribution in [0.3, 0.4) is 0 Å². The Balaban J connectivity index is 1.54. The Labute approximate surface area is 149 Å². The van der Waals surface area contributed by atoms with E-state index in [1.165, 1.54) is 19.3 Å². The molecule has 132 valence electrons. The summed E-state index contributed by atoms with van der Waals surface area (Å²) in [5.74, 6) is 2.64. The second-order valence-electron chi connectivity index (χ2n) is 6.56. The van der Waals surface area contributed by atoms with Gasteiger partial charge in [0.1, 0.15) is 24.0 Å². The topological polar surface area (TPSA) is 67.0 Å². The molecule has 1 aliphatic heterocycles. The molecule has 0 radical (unpaired) electrons. The predicted octanol–water partition coefficient (Wildman–Crippen LogP) is 2.70. The normalized spacial score (nSPS) is 18.0. The van der Waals surface area contributed by atoms with Gasteiger partial charge in [-0.15, -0.1) is 0 Å². The highest BCUT2D eigenvalue weighted by molar-refractivity contribution is 5.34. The van der Waals surface area contributed by atoms with Crippen LogP contribution in [0.15, 0.2) is 24.3 Å². The van der Waals surface area contributed by atoms with Crippen LogP contribution < -0.4 is 4.74 Å². The summed E-state index contributed by atoms with van der Waals surface area (Å²) in [6.45, 7) is 7.50. The number of nitrogens with zero attached hydrogens (tertiary/aromatic N) is 5. The molecule has 1 aliphatic rings.